The Labute approximate surface area is 135 Å². The molecule has 0 aromatic heterocycles. The van der Waals surface area contributed by atoms with E-state index in [1.807, 2.05) is 0 Å². The molecule has 1 rings (SSSR count). The molecule has 122 valence electrons. The Kier molecular flexibility index (Phi) is 7.38. The predicted molar refractivity (Wildman–Crippen MR) is 88.3 cm³/mol. The molecule has 0 aliphatic rings. The number of nitrogens with one attached hydrogen (secondary N) is 2. The Morgan fingerprint density at radius 2 is 1.59 bits per heavy atom. The number of thioether (sulfide) groups is 1. The number of halogens is 1. The minimum Gasteiger partial charge on any atom is -0.354 e. The smallest absolute Gasteiger partial charge is 0.230 e. The van der Waals surface area contributed by atoms with Gasteiger partial charge in [-0.05, 0) is 17.7 Å². The van der Waals surface area contributed by atoms with Crippen LogP contribution in [0, 0.1) is 5.82 Å². The van der Waals surface area contributed by atoms with E-state index in [9.17, 15) is 14.0 Å². The van der Waals surface area contributed by atoms with E-state index in [-0.39, 0.29) is 28.8 Å². The third kappa shape index (κ3) is 8.67. The Morgan fingerprint density at radius 1 is 1.05 bits per heavy atom. The van der Waals surface area contributed by atoms with Crippen LogP contribution in [0.2, 0.25) is 0 Å². The van der Waals surface area contributed by atoms with Gasteiger partial charge >= 0.3 is 0 Å². The highest BCUT2D eigenvalue weighted by molar-refractivity contribution is 8.01. The molecule has 1 aromatic carbocycles. The van der Waals surface area contributed by atoms with Gasteiger partial charge in [0, 0.05) is 17.8 Å². The first kappa shape index (κ1) is 18.5. The summed E-state index contributed by atoms with van der Waals surface area (Å²) in [6.07, 6.45) is 0.202. The van der Waals surface area contributed by atoms with Crippen molar-refractivity contribution >= 4 is 23.6 Å². The highest BCUT2D eigenvalue weighted by atomic mass is 32.2. The summed E-state index contributed by atoms with van der Waals surface area (Å²) < 4.78 is 12.8. The summed E-state index contributed by atoms with van der Waals surface area (Å²) >= 11 is 1.58. The molecule has 22 heavy (non-hydrogen) atoms. The van der Waals surface area contributed by atoms with Crippen molar-refractivity contribution in [1.82, 2.24) is 10.6 Å². The number of benzene rings is 1. The minimum absolute atomic E-state index is 0.0345. The van der Waals surface area contributed by atoms with Crippen LogP contribution in [0.25, 0.3) is 0 Å². The topological polar surface area (TPSA) is 58.2 Å². The minimum atomic E-state index is -0.319. The van der Waals surface area contributed by atoms with E-state index in [1.54, 1.807) is 23.9 Å². The molecule has 0 heterocycles. The van der Waals surface area contributed by atoms with Gasteiger partial charge in [-0.2, -0.15) is 0 Å². The van der Waals surface area contributed by atoms with Crippen LogP contribution in [0.4, 0.5) is 4.39 Å². The second-order valence-corrected chi connectivity index (χ2v) is 7.71. The van der Waals surface area contributed by atoms with E-state index in [2.05, 4.69) is 31.4 Å². The highest BCUT2D eigenvalue weighted by Crippen LogP contribution is 2.22. The third-order valence-electron chi connectivity index (χ3n) is 2.68. The SMILES string of the molecule is CC(C)(C)SCC(=O)NCCNC(=O)Cc1ccc(F)cc1. The number of carbonyl (C=O) groups is 2. The summed E-state index contributed by atoms with van der Waals surface area (Å²) in [6.45, 7) is 6.95. The molecule has 0 saturated heterocycles. The molecule has 0 unspecified atom stereocenters. The van der Waals surface area contributed by atoms with Crippen molar-refractivity contribution in [2.45, 2.75) is 31.9 Å². The van der Waals surface area contributed by atoms with Gasteiger partial charge in [-0.3, -0.25) is 9.59 Å². The number of rotatable bonds is 7. The average molecular weight is 326 g/mol. The summed E-state index contributed by atoms with van der Waals surface area (Å²) in [5.74, 6) is -0.0924. The first-order chi connectivity index (χ1) is 10.3. The molecular weight excluding hydrogens is 303 g/mol. The van der Waals surface area contributed by atoms with Crippen LogP contribution in [-0.4, -0.2) is 35.4 Å². The van der Waals surface area contributed by atoms with Crippen molar-refractivity contribution in [3.63, 3.8) is 0 Å². The fraction of sp³-hybridized carbons (Fsp3) is 0.500. The maximum Gasteiger partial charge on any atom is 0.230 e. The van der Waals surface area contributed by atoms with Gasteiger partial charge in [0.25, 0.3) is 0 Å². The largest absolute Gasteiger partial charge is 0.354 e. The van der Waals surface area contributed by atoms with Gasteiger partial charge in [0.15, 0.2) is 0 Å². The van der Waals surface area contributed by atoms with Crippen LogP contribution in [-0.2, 0) is 16.0 Å². The fourth-order valence-electron chi connectivity index (χ4n) is 1.59. The third-order valence-corrected chi connectivity index (χ3v) is 3.96. The predicted octanol–water partition coefficient (Wildman–Crippen LogP) is 2.13. The molecule has 1 aromatic rings. The molecule has 2 amide bonds. The lowest BCUT2D eigenvalue weighted by atomic mass is 10.1. The summed E-state index contributed by atoms with van der Waals surface area (Å²) in [5.41, 5.74) is 0.754. The van der Waals surface area contributed by atoms with Crippen LogP contribution in [0.3, 0.4) is 0 Å². The second kappa shape index (κ2) is 8.78. The molecule has 0 aliphatic carbocycles. The van der Waals surface area contributed by atoms with Crippen molar-refractivity contribution in [1.29, 1.82) is 0 Å². The van der Waals surface area contributed by atoms with E-state index >= 15 is 0 Å². The van der Waals surface area contributed by atoms with Gasteiger partial charge in [0.2, 0.25) is 11.8 Å². The maximum atomic E-state index is 12.7. The molecule has 0 radical (unpaired) electrons. The molecule has 0 fully saturated rings. The van der Waals surface area contributed by atoms with E-state index in [4.69, 9.17) is 0 Å². The Bertz CT molecular complexity index is 498. The zero-order valence-electron chi connectivity index (χ0n) is 13.2. The summed E-state index contributed by atoms with van der Waals surface area (Å²) in [7, 11) is 0. The molecule has 2 N–H and O–H groups in total. The summed E-state index contributed by atoms with van der Waals surface area (Å²) in [5, 5.41) is 5.48. The monoisotopic (exact) mass is 326 g/mol. The van der Waals surface area contributed by atoms with Gasteiger partial charge in [0.1, 0.15) is 5.82 Å². The van der Waals surface area contributed by atoms with Crippen molar-refractivity contribution < 1.29 is 14.0 Å². The Balaban J connectivity index is 2.15. The highest BCUT2D eigenvalue weighted by Gasteiger charge is 2.13. The summed E-state index contributed by atoms with van der Waals surface area (Å²) in [4.78, 5) is 23.3. The number of carbonyl (C=O) groups excluding carboxylic acids is 2. The molecule has 0 saturated carbocycles. The maximum absolute atomic E-state index is 12.7. The van der Waals surface area contributed by atoms with Crippen LogP contribution in [0.1, 0.15) is 26.3 Å². The zero-order valence-corrected chi connectivity index (χ0v) is 14.1. The number of hydrogen-bond acceptors (Lipinski definition) is 3. The molecule has 0 atom stereocenters. The van der Waals surface area contributed by atoms with Crippen LogP contribution in [0.5, 0.6) is 0 Å². The van der Waals surface area contributed by atoms with Crippen molar-refractivity contribution in [2.75, 3.05) is 18.8 Å². The first-order valence-corrected chi connectivity index (χ1v) is 8.16. The van der Waals surface area contributed by atoms with Crippen LogP contribution < -0.4 is 10.6 Å². The first-order valence-electron chi connectivity index (χ1n) is 7.18. The normalized spacial score (nSPS) is 11.1. The average Bonchev–Trinajstić information content (AvgIpc) is 2.43. The lowest BCUT2D eigenvalue weighted by Gasteiger charge is -2.17. The van der Waals surface area contributed by atoms with Gasteiger partial charge in [-0.15, -0.1) is 11.8 Å². The molecule has 0 bridgehead atoms. The zero-order chi connectivity index (χ0) is 16.6. The van der Waals surface area contributed by atoms with Gasteiger partial charge < -0.3 is 10.6 Å². The van der Waals surface area contributed by atoms with E-state index < -0.39 is 0 Å². The fourth-order valence-corrected chi connectivity index (χ4v) is 2.25. The number of amides is 2. The van der Waals surface area contributed by atoms with Gasteiger partial charge in [-0.25, -0.2) is 4.39 Å². The van der Waals surface area contributed by atoms with Gasteiger partial charge in [-0.1, -0.05) is 32.9 Å². The van der Waals surface area contributed by atoms with Crippen molar-refractivity contribution in [2.24, 2.45) is 0 Å². The molecule has 0 aliphatic heterocycles. The lowest BCUT2D eigenvalue weighted by molar-refractivity contribution is -0.121. The quantitative estimate of drug-likeness (QED) is 0.755. The number of hydrogen-bond donors (Lipinski definition) is 2. The van der Waals surface area contributed by atoms with Crippen molar-refractivity contribution in [3.8, 4) is 0 Å². The molecular formula is C16H23FN2O2S. The Morgan fingerprint density at radius 3 is 2.14 bits per heavy atom. The molecule has 0 spiro atoms. The molecule has 4 nitrogen and oxygen atoms in total. The van der Waals surface area contributed by atoms with E-state index in [1.165, 1.54) is 12.1 Å². The standard InChI is InChI=1S/C16H23FN2O2S/c1-16(2,3)22-11-15(21)19-9-8-18-14(20)10-12-4-6-13(17)7-5-12/h4-7H,8-11H2,1-3H3,(H,18,20)(H,19,21). The van der Waals surface area contributed by atoms with Crippen LogP contribution in [0.15, 0.2) is 24.3 Å². The second-order valence-electron chi connectivity index (χ2n) is 5.90. The van der Waals surface area contributed by atoms with Gasteiger partial charge in [0.05, 0.1) is 12.2 Å². The van der Waals surface area contributed by atoms with E-state index in [0.717, 1.165) is 5.56 Å². The lowest BCUT2D eigenvalue weighted by Crippen LogP contribution is -2.36. The molecule has 6 heteroatoms. The summed E-state index contributed by atoms with van der Waals surface area (Å²) in [6, 6.07) is 5.83. The van der Waals surface area contributed by atoms with Crippen LogP contribution >= 0.6 is 11.8 Å². The van der Waals surface area contributed by atoms with E-state index in [0.29, 0.717) is 18.8 Å². The Hall–Kier alpha value is -1.56. The van der Waals surface area contributed by atoms with Crippen molar-refractivity contribution in [3.05, 3.63) is 35.6 Å².